The second kappa shape index (κ2) is 10.6. The Labute approximate surface area is 190 Å². The molecule has 1 aromatic carbocycles. The van der Waals surface area contributed by atoms with E-state index in [0.29, 0.717) is 11.6 Å². The van der Waals surface area contributed by atoms with E-state index in [4.69, 9.17) is 4.74 Å². The first-order valence-electron chi connectivity index (χ1n) is 11.6. The molecule has 8 heteroatoms. The van der Waals surface area contributed by atoms with E-state index in [2.05, 4.69) is 15.1 Å². The van der Waals surface area contributed by atoms with Crippen LogP contribution in [0, 0.1) is 11.7 Å². The topological polar surface area (TPSA) is 65.1 Å². The first-order valence-corrected chi connectivity index (χ1v) is 11.6. The first kappa shape index (κ1) is 24.5. The molecule has 2 saturated heterocycles. The average molecular weight is 449 g/mol. The number of piperazine rings is 1. The molecule has 32 heavy (non-hydrogen) atoms. The molecule has 0 saturated carbocycles. The summed E-state index contributed by atoms with van der Waals surface area (Å²) in [7, 11) is 0. The van der Waals surface area contributed by atoms with Crippen LogP contribution in [0.1, 0.15) is 40.5 Å². The predicted octanol–water partition coefficient (Wildman–Crippen LogP) is 3.42. The lowest BCUT2D eigenvalue weighted by Gasteiger charge is -2.40. The van der Waals surface area contributed by atoms with Gasteiger partial charge in [-0.05, 0) is 64.7 Å². The van der Waals surface area contributed by atoms with Crippen molar-refractivity contribution in [2.45, 2.75) is 52.2 Å². The van der Waals surface area contributed by atoms with Gasteiger partial charge in [-0.2, -0.15) is 0 Å². The van der Waals surface area contributed by atoms with Gasteiger partial charge in [-0.3, -0.25) is 9.69 Å². The van der Waals surface area contributed by atoms with Crippen LogP contribution in [0.2, 0.25) is 0 Å². The highest BCUT2D eigenvalue weighted by atomic mass is 19.1. The van der Waals surface area contributed by atoms with Gasteiger partial charge in [-0.1, -0.05) is 6.07 Å². The lowest BCUT2D eigenvalue weighted by molar-refractivity contribution is -0.121. The Morgan fingerprint density at radius 3 is 2.56 bits per heavy atom. The van der Waals surface area contributed by atoms with E-state index in [1.54, 1.807) is 12.1 Å². The number of hydrogen-bond acceptors (Lipinski definition) is 5. The minimum absolute atomic E-state index is 0.121. The molecule has 2 atom stereocenters. The van der Waals surface area contributed by atoms with Gasteiger partial charge in [0.15, 0.2) is 0 Å². The minimum Gasteiger partial charge on any atom is -0.444 e. The molecular weight excluding hydrogens is 411 g/mol. The Bertz CT molecular complexity index is 790. The molecule has 7 nitrogen and oxygen atoms in total. The molecule has 1 aromatic rings. The number of hydrogen-bond donors (Lipinski definition) is 1. The summed E-state index contributed by atoms with van der Waals surface area (Å²) in [6.45, 7) is 13.4. The lowest BCUT2D eigenvalue weighted by Crippen LogP contribution is -2.54. The molecule has 2 aliphatic rings. The standard InChI is InChI=1S/C24H37FN4O3/c1-18(22(30)26-21-9-5-8-20(25)15-21)28-13-11-27(12-14-28)16-19-7-6-10-29(17-19)23(31)32-24(2,3)4/h5,8-9,15,18-19H,6-7,10-14,16-17H2,1-4H3,(H,26,30)/t18-,19+/m1/s1. The van der Waals surface area contributed by atoms with Gasteiger partial charge in [0.2, 0.25) is 5.91 Å². The first-order chi connectivity index (χ1) is 15.1. The zero-order valence-corrected chi connectivity index (χ0v) is 19.8. The summed E-state index contributed by atoms with van der Waals surface area (Å²) in [5.41, 5.74) is 0.00481. The average Bonchev–Trinajstić information content (AvgIpc) is 2.73. The molecule has 0 unspecified atom stereocenters. The van der Waals surface area contributed by atoms with Gasteiger partial charge in [0.05, 0.1) is 6.04 Å². The third-order valence-electron chi connectivity index (χ3n) is 6.11. The molecule has 178 valence electrons. The van der Waals surface area contributed by atoms with E-state index in [-0.39, 0.29) is 23.9 Å². The lowest BCUT2D eigenvalue weighted by atomic mass is 9.97. The van der Waals surface area contributed by atoms with Crippen LogP contribution in [0.5, 0.6) is 0 Å². The molecule has 0 aliphatic carbocycles. The number of piperidine rings is 1. The monoisotopic (exact) mass is 448 g/mol. The second-order valence-electron chi connectivity index (χ2n) is 9.95. The van der Waals surface area contributed by atoms with E-state index in [1.807, 2.05) is 32.6 Å². The van der Waals surface area contributed by atoms with Crippen LogP contribution in [0.3, 0.4) is 0 Å². The zero-order valence-electron chi connectivity index (χ0n) is 19.8. The van der Waals surface area contributed by atoms with Crippen molar-refractivity contribution >= 4 is 17.7 Å². The van der Waals surface area contributed by atoms with Gasteiger partial charge in [0, 0.05) is 51.5 Å². The molecule has 3 rings (SSSR count). The molecule has 2 amide bonds. The molecular formula is C24H37FN4O3. The van der Waals surface area contributed by atoms with Crippen molar-refractivity contribution < 1.29 is 18.7 Å². The van der Waals surface area contributed by atoms with Crippen molar-refractivity contribution in [3.63, 3.8) is 0 Å². The number of rotatable bonds is 5. The Balaban J connectivity index is 1.43. The van der Waals surface area contributed by atoms with Gasteiger partial charge in [-0.25, -0.2) is 9.18 Å². The maximum absolute atomic E-state index is 13.4. The summed E-state index contributed by atoms with van der Waals surface area (Å²) in [4.78, 5) is 31.4. The van der Waals surface area contributed by atoms with Crippen LogP contribution in [0.4, 0.5) is 14.9 Å². The van der Waals surface area contributed by atoms with E-state index < -0.39 is 5.60 Å². The largest absolute Gasteiger partial charge is 0.444 e. The van der Waals surface area contributed by atoms with Gasteiger partial charge in [-0.15, -0.1) is 0 Å². The van der Waals surface area contributed by atoms with Crippen LogP contribution in [-0.4, -0.2) is 84.2 Å². The number of ether oxygens (including phenoxy) is 1. The number of nitrogens with one attached hydrogen (secondary N) is 1. The highest BCUT2D eigenvalue weighted by Crippen LogP contribution is 2.21. The van der Waals surface area contributed by atoms with E-state index >= 15 is 0 Å². The summed E-state index contributed by atoms with van der Waals surface area (Å²) in [5.74, 6) is -0.0436. The molecule has 0 aromatic heterocycles. The van der Waals surface area contributed by atoms with Gasteiger partial charge in [0.1, 0.15) is 11.4 Å². The normalized spacial score (nSPS) is 21.8. The molecule has 2 fully saturated rings. The van der Waals surface area contributed by atoms with E-state index in [9.17, 15) is 14.0 Å². The van der Waals surface area contributed by atoms with Crippen LogP contribution in [0.15, 0.2) is 24.3 Å². The third-order valence-corrected chi connectivity index (χ3v) is 6.11. The summed E-state index contributed by atoms with van der Waals surface area (Å²) >= 11 is 0. The van der Waals surface area contributed by atoms with Crippen molar-refractivity contribution in [3.05, 3.63) is 30.1 Å². The molecule has 0 spiro atoms. The number of benzene rings is 1. The molecule has 2 heterocycles. The number of halogens is 1. The van der Waals surface area contributed by atoms with Crippen molar-refractivity contribution in [3.8, 4) is 0 Å². The van der Waals surface area contributed by atoms with Crippen LogP contribution < -0.4 is 5.32 Å². The van der Waals surface area contributed by atoms with Crippen molar-refractivity contribution in [2.24, 2.45) is 5.92 Å². The number of nitrogens with zero attached hydrogens (tertiary/aromatic N) is 3. The number of likely N-dealkylation sites (tertiary alicyclic amines) is 1. The summed E-state index contributed by atoms with van der Waals surface area (Å²) < 4.78 is 18.9. The number of carbonyl (C=O) groups excluding carboxylic acids is 2. The fourth-order valence-electron chi connectivity index (χ4n) is 4.38. The van der Waals surface area contributed by atoms with Gasteiger partial charge in [0.25, 0.3) is 0 Å². The van der Waals surface area contributed by atoms with Crippen LogP contribution >= 0.6 is 0 Å². The van der Waals surface area contributed by atoms with Crippen molar-refractivity contribution in [1.29, 1.82) is 0 Å². The predicted molar refractivity (Wildman–Crippen MR) is 123 cm³/mol. The summed E-state index contributed by atoms with van der Waals surface area (Å²) in [5, 5.41) is 2.80. The molecule has 0 bridgehead atoms. The second-order valence-corrected chi connectivity index (χ2v) is 9.95. The minimum atomic E-state index is -0.474. The van der Waals surface area contributed by atoms with E-state index in [0.717, 1.165) is 58.7 Å². The smallest absolute Gasteiger partial charge is 0.410 e. The zero-order chi connectivity index (χ0) is 23.3. The number of anilines is 1. The maximum Gasteiger partial charge on any atom is 0.410 e. The maximum atomic E-state index is 13.4. The Morgan fingerprint density at radius 2 is 1.91 bits per heavy atom. The van der Waals surface area contributed by atoms with Crippen LogP contribution in [0.25, 0.3) is 0 Å². The Kier molecular flexibility index (Phi) is 8.11. The fourth-order valence-corrected chi connectivity index (χ4v) is 4.38. The van der Waals surface area contributed by atoms with Crippen molar-refractivity contribution in [2.75, 3.05) is 51.1 Å². The molecule has 0 radical (unpaired) electrons. The van der Waals surface area contributed by atoms with E-state index in [1.165, 1.54) is 12.1 Å². The molecule has 1 N–H and O–H groups in total. The fraction of sp³-hybridized carbons (Fsp3) is 0.667. The Morgan fingerprint density at radius 1 is 1.19 bits per heavy atom. The Hall–Kier alpha value is -2.19. The van der Waals surface area contributed by atoms with Crippen molar-refractivity contribution in [1.82, 2.24) is 14.7 Å². The third kappa shape index (κ3) is 7.17. The highest BCUT2D eigenvalue weighted by molar-refractivity contribution is 5.94. The van der Waals surface area contributed by atoms with Crippen LogP contribution in [-0.2, 0) is 9.53 Å². The SMILES string of the molecule is C[C@H](C(=O)Nc1cccc(F)c1)N1CCN(C[C@@H]2CCCN(C(=O)OC(C)(C)C)C2)CC1. The summed E-state index contributed by atoms with van der Waals surface area (Å²) in [6.07, 6.45) is 1.90. The quantitative estimate of drug-likeness (QED) is 0.748. The number of carbonyl (C=O) groups is 2. The highest BCUT2D eigenvalue weighted by Gasteiger charge is 2.30. The van der Waals surface area contributed by atoms with Gasteiger partial charge < -0.3 is 19.9 Å². The number of amides is 2. The summed E-state index contributed by atoms with van der Waals surface area (Å²) in [6, 6.07) is 5.68. The molecule has 2 aliphatic heterocycles. The van der Waals surface area contributed by atoms with Gasteiger partial charge >= 0.3 is 6.09 Å².